The first-order valence-corrected chi connectivity index (χ1v) is 10.2. The normalized spacial score (nSPS) is 20.8. The van der Waals surface area contributed by atoms with Crippen molar-refractivity contribution < 1.29 is 0 Å². The molecule has 0 amide bonds. The van der Waals surface area contributed by atoms with Crippen LogP contribution in [0.4, 0.5) is 0 Å². The molecule has 120 valence electrons. The van der Waals surface area contributed by atoms with Crippen LogP contribution in [-0.2, 0) is 0 Å². The van der Waals surface area contributed by atoms with Crippen LogP contribution in [0.25, 0.3) is 0 Å². The van der Waals surface area contributed by atoms with Gasteiger partial charge in [-0.2, -0.15) is 11.8 Å². The maximum atomic E-state index is 2.52. The van der Waals surface area contributed by atoms with E-state index in [1.807, 2.05) is 11.8 Å². The van der Waals surface area contributed by atoms with Gasteiger partial charge in [-0.15, -0.1) is 0 Å². The van der Waals surface area contributed by atoms with E-state index in [9.17, 15) is 0 Å². The smallest absolute Gasteiger partial charge is 0.127 e. The summed E-state index contributed by atoms with van der Waals surface area (Å²) in [6, 6.07) is 0. The van der Waals surface area contributed by atoms with Crippen LogP contribution in [0.5, 0.6) is 0 Å². The van der Waals surface area contributed by atoms with Gasteiger partial charge in [-0.1, -0.05) is 85.8 Å². The van der Waals surface area contributed by atoms with Gasteiger partial charge >= 0.3 is 0 Å². The third-order valence-electron chi connectivity index (χ3n) is 5.78. The number of hydrogen-bond acceptors (Lipinski definition) is 1. The number of thioether (sulfide) groups is 1. The van der Waals surface area contributed by atoms with Gasteiger partial charge in [0.15, 0.2) is 0 Å². The molecule has 0 nitrogen and oxygen atoms in total. The highest BCUT2D eigenvalue weighted by atomic mass is 32.2. The summed E-state index contributed by atoms with van der Waals surface area (Å²) in [6.07, 6.45) is 7.68. The second kappa shape index (κ2) is 11.0. The van der Waals surface area contributed by atoms with Crippen molar-refractivity contribution in [2.24, 2.45) is 17.8 Å². The maximum absolute atomic E-state index is 2.52. The summed E-state index contributed by atoms with van der Waals surface area (Å²) in [7, 11) is 1.43. The average molecular weight is 298 g/mol. The predicted octanol–water partition coefficient (Wildman–Crippen LogP) is 6.28. The van der Waals surface area contributed by atoms with Crippen molar-refractivity contribution in [3.63, 3.8) is 0 Å². The molecule has 0 spiro atoms. The molecule has 6 unspecified atom stereocenters. The molecule has 0 aliphatic heterocycles. The van der Waals surface area contributed by atoms with Crippen molar-refractivity contribution in [2.45, 2.75) is 91.0 Å². The van der Waals surface area contributed by atoms with Gasteiger partial charge in [-0.3, -0.25) is 0 Å². The van der Waals surface area contributed by atoms with Crippen LogP contribution < -0.4 is 0 Å². The molecule has 0 aliphatic carbocycles. The van der Waals surface area contributed by atoms with Crippen LogP contribution >= 0.6 is 11.8 Å². The fourth-order valence-electron chi connectivity index (χ4n) is 3.86. The summed E-state index contributed by atoms with van der Waals surface area (Å²) >= 11 is 2.05. The van der Waals surface area contributed by atoms with Crippen LogP contribution in [0.1, 0.15) is 74.1 Å². The Morgan fingerprint density at radius 1 is 0.950 bits per heavy atom. The summed E-state index contributed by atoms with van der Waals surface area (Å²) in [6.45, 7) is 17.0. The van der Waals surface area contributed by atoms with Gasteiger partial charge in [-0.25, -0.2) is 0 Å². The van der Waals surface area contributed by atoms with Crippen LogP contribution in [0.2, 0.25) is 11.6 Å². The van der Waals surface area contributed by atoms with E-state index in [2.05, 4.69) is 54.7 Å². The van der Waals surface area contributed by atoms with Crippen LogP contribution in [0.3, 0.4) is 0 Å². The van der Waals surface area contributed by atoms with E-state index < -0.39 is 0 Å². The average Bonchev–Trinajstić information content (AvgIpc) is 2.44. The minimum absolute atomic E-state index is 0.799. The molecule has 0 N–H and O–H groups in total. The van der Waals surface area contributed by atoms with E-state index in [0.29, 0.717) is 0 Å². The Balaban J connectivity index is 4.64. The first-order chi connectivity index (χ1) is 9.42. The third kappa shape index (κ3) is 6.45. The second-order valence-corrected chi connectivity index (χ2v) is 8.23. The molecule has 0 aromatic carbocycles. The lowest BCUT2D eigenvalue weighted by Crippen LogP contribution is -2.28. The quantitative estimate of drug-likeness (QED) is 0.404. The molecule has 2 heteroatoms. The lowest BCUT2D eigenvalue weighted by Gasteiger charge is -2.35. The summed E-state index contributed by atoms with van der Waals surface area (Å²) < 4.78 is 0. The van der Waals surface area contributed by atoms with Crippen molar-refractivity contribution in [2.75, 3.05) is 6.26 Å². The molecular weight excluding hydrogens is 259 g/mol. The minimum Gasteiger partial charge on any atom is -0.162 e. The molecule has 0 saturated carbocycles. The molecule has 0 aromatic rings. The zero-order valence-corrected chi connectivity index (χ0v) is 16.2. The Labute approximate surface area is 134 Å². The van der Waals surface area contributed by atoms with Crippen molar-refractivity contribution in [3.05, 3.63) is 0 Å². The zero-order valence-electron chi connectivity index (χ0n) is 15.4. The maximum Gasteiger partial charge on any atom is 0.127 e. The molecule has 20 heavy (non-hydrogen) atoms. The summed E-state index contributed by atoms with van der Waals surface area (Å²) in [5.74, 6) is 4.42. The van der Waals surface area contributed by atoms with E-state index in [1.54, 1.807) is 0 Å². The molecule has 0 heterocycles. The van der Waals surface area contributed by atoms with Crippen LogP contribution in [0.15, 0.2) is 0 Å². The monoisotopic (exact) mass is 298 g/mol. The highest BCUT2D eigenvalue weighted by Gasteiger charge is 2.29. The van der Waals surface area contributed by atoms with Gasteiger partial charge in [-0.05, 0) is 24.0 Å². The van der Waals surface area contributed by atoms with E-state index >= 15 is 0 Å². The molecule has 6 atom stereocenters. The van der Waals surface area contributed by atoms with E-state index in [1.165, 1.54) is 33.0 Å². The highest BCUT2D eigenvalue weighted by molar-refractivity contribution is 7.99. The fraction of sp³-hybridized carbons (Fsp3) is 1.00. The molecule has 0 saturated heterocycles. The SMILES string of the molecule is CCCC(C)C(C)BC(CC)C(C)C(CC)C(C)SC. The third-order valence-corrected chi connectivity index (χ3v) is 6.87. The van der Waals surface area contributed by atoms with Crippen molar-refractivity contribution in [1.82, 2.24) is 0 Å². The summed E-state index contributed by atoms with van der Waals surface area (Å²) in [4.78, 5) is 0. The lowest BCUT2D eigenvalue weighted by atomic mass is 9.47. The number of rotatable bonds is 11. The van der Waals surface area contributed by atoms with E-state index in [0.717, 1.165) is 34.6 Å². The van der Waals surface area contributed by atoms with Crippen LogP contribution in [-0.4, -0.2) is 18.8 Å². The molecule has 0 bridgehead atoms. The van der Waals surface area contributed by atoms with Crippen molar-refractivity contribution in [1.29, 1.82) is 0 Å². The first-order valence-electron chi connectivity index (χ1n) is 8.95. The lowest BCUT2D eigenvalue weighted by molar-refractivity contribution is 0.320. The van der Waals surface area contributed by atoms with Gasteiger partial charge in [0.2, 0.25) is 0 Å². The van der Waals surface area contributed by atoms with Gasteiger partial charge in [0.25, 0.3) is 0 Å². The molecule has 0 fully saturated rings. The Bertz CT molecular complexity index is 231. The van der Waals surface area contributed by atoms with Crippen molar-refractivity contribution >= 4 is 19.0 Å². The highest BCUT2D eigenvalue weighted by Crippen LogP contribution is 2.38. The second-order valence-electron chi connectivity index (χ2n) is 7.02. The first kappa shape index (κ1) is 20.4. The van der Waals surface area contributed by atoms with Crippen LogP contribution in [0, 0.1) is 17.8 Å². The van der Waals surface area contributed by atoms with E-state index in [4.69, 9.17) is 0 Å². The van der Waals surface area contributed by atoms with Gasteiger partial charge in [0, 0.05) is 5.25 Å². The summed E-state index contributed by atoms with van der Waals surface area (Å²) in [5, 5.41) is 0.799. The van der Waals surface area contributed by atoms with Gasteiger partial charge in [0.05, 0.1) is 0 Å². The largest absolute Gasteiger partial charge is 0.162 e. The minimum atomic E-state index is 0.799. The zero-order chi connectivity index (χ0) is 15.7. The Morgan fingerprint density at radius 2 is 1.55 bits per heavy atom. The molecule has 0 rings (SSSR count). The standard InChI is InChI=1S/C18H39BS/c1-9-12-13(4)15(6)19-18(11-3)14(5)17(10-2)16(7)20-8/h13-19H,9-12H2,1-8H3. The number of hydrogen-bond donors (Lipinski definition) is 0. The van der Waals surface area contributed by atoms with Gasteiger partial charge in [0.1, 0.15) is 7.28 Å². The van der Waals surface area contributed by atoms with Gasteiger partial charge < -0.3 is 0 Å². The Kier molecular flexibility index (Phi) is 11.3. The molecule has 0 aromatic heterocycles. The van der Waals surface area contributed by atoms with E-state index in [-0.39, 0.29) is 0 Å². The fourth-order valence-corrected chi connectivity index (χ4v) is 4.65. The summed E-state index contributed by atoms with van der Waals surface area (Å²) in [5.41, 5.74) is 0. The topological polar surface area (TPSA) is 0 Å². The Morgan fingerprint density at radius 3 is 1.95 bits per heavy atom. The van der Waals surface area contributed by atoms with Crippen molar-refractivity contribution in [3.8, 4) is 0 Å². The molecular formula is C18H39BS. The molecule has 0 radical (unpaired) electrons. The Hall–Kier alpha value is 0.415. The predicted molar refractivity (Wildman–Crippen MR) is 101 cm³/mol. The molecule has 0 aliphatic rings.